The van der Waals surface area contributed by atoms with Gasteiger partial charge >= 0.3 is 0 Å². The number of hydrogen-bond donors (Lipinski definition) is 1. The van der Waals surface area contributed by atoms with Crippen LogP contribution in [0.2, 0.25) is 9.36 Å². The lowest BCUT2D eigenvalue weighted by molar-refractivity contribution is -0.123. The van der Waals surface area contributed by atoms with Crippen molar-refractivity contribution in [2.45, 2.75) is 44.7 Å². The second-order valence-corrected chi connectivity index (χ2v) is 10.0. The number of anilines is 1. The van der Waals surface area contributed by atoms with E-state index in [9.17, 15) is 9.59 Å². The van der Waals surface area contributed by atoms with E-state index in [4.69, 9.17) is 27.9 Å². The molecule has 4 rings (SSSR count). The molecule has 1 aromatic heterocycles. The number of hydrogen-bond acceptors (Lipinski definition) is 5. The molecule has 1 saturated carbocycles. The highest BCUT2D eigenvalue weighted by Crippen LogP contribution is 2.35. The van der Waals surface area contributed by atoms with Crippen molar-refractivity contribution in [3.05, 3.63) is 74.7 Å². The van der Waals surface area contributed by atoms with Gasteiger partial charge in [0.05, 0.1) is 7.11 Å². The summed E-state index contributed by atoms with van der Waals surface area (Å²) in [6.45, 7) is 1.96. The molecule has 0 aliphatic heterocycles. The summed E-state index contributed by atoms with van der Waals surface area (Å²) in [6.07, 6.45) is 4.00. The summed E-state index contributed by atoms with van der Waals surface area (Å²) >= 11 is 13.4. The average molecular weight is 518 g/mol. The fraction of sp³-hybridized carbons (Fsp3) is 0.320. The van der Waals surface area contributed by atoms with Crippen molar-refractivity contribution < 1.29 is 14.3 Å². The zero-order chi connectivity index (χ0) is 24.2. The Kier molecular flexibility index (Phi) is 7.76. The Bertz CT molecular complexity index is 1160. The summed E-state index contributed by atoms with van der Waals surface area (Å²) in [5, 5.41) is 3.23. The zero-order valence-corrected chi connectivity index (χ0v) is 21.2. The molecule has 3 aromatic rings. The number of halogens is 2. The predicted octanol–water partition coefficient (Wildman–Crippen LogP) is 6.21. The summed E-state index contributed by atoms with van der Waals surface area (Å²) in [6, 6.07) is 13.7. The van der Waals surface area contributed by atoms with Crippen molar-refractivity contribution in [1.29, 1.82) is 0 Å². The first-order chi connectivity index (χ1) is 16.4. The lowest BCUT2D eigenvalue weighted by atomic mass is 10.0. The molecule has 0 saturated heterocycles. The van der Waals surface area contributed by atoms with Crippen LogP contribution in [0.5, 0.6) is 5.75 Å². The molecule has 9 heteroatoms. The highest BCUT2D eigenvalue weighted by Gasteiger charge is 2.36. The molecule has 2 aromatic carbocycles. The van der Waals surface area contributed by atoms with Crippen LogP contribution in [0.15, 0.2) is 48.5 Å². The normalized spacial score (nSPS) is 14.6. The molecule has 1 N–H and O–H groups in total. The minimum atomic E-state index is -0.946. The van der Waals surface area contributed by atoms with Crippen LogP contribution in [-0.2, 0) is 4.79 Å². The van der Waals surface area contributed by atoms with Crippen LogP contribution in [0.25, 0.3) is 0 Å². The summed E-state index contributed by atoms with van der Waals surface area (Å²) in [5.74, 6) is -0.107. The first kappa shape index (κ1) is 24.5. The smallest absolute Gasteiger partial charge is 0.280 e. The van der Waals surface area contributed by atoms with Crippen molar-refractivity contribution in [1.82, 2.24) is 9.69 Å². The van der Waals surface area contributed by atoms with Crippen LogP contribution >= 0.6 is 34.7 Å². The fourth-order valence-corrected chi connectivity index (χ4v) is 5.14. The van der Waals surface area contributed by atoms with Gasteiger partial charge in [0.1, 0.15) is 21.2 Å². The number of aromatic nitrogens is 1. The number of amides is 2. The Morgan fingerprint density at radius 3 is 2.29 bits per heavy atom. The van der Waals surface area contributed by atoms with E-state index in [2.05, 4.69) is 9.69 Å². The van der Waals surface area contributed by atoms with Crippen LogP contribution in [0.4, 0.5) is 5.69 Å². The molecule has 1 heterocycles. The van der Waals surface area contributed by atoms with Crippen molar-refractivity contribution >= 4 is 52.2 Å². The van der Waals surface area contributed by atoms with Gasteiger partial charge in [-0.3, -0.25) is 14.5 Å². The Morgan fingerprint density at radius 2 is 1.74 bits per heavy atom. The lowest BCUT2D eigenvalue weighted by Gasteiger charge is -2.32. The first-order valence-corrected chi connectivity index (χ1v) is 12.6. The van der Waals surface area contributed by atoms with Gasteiger partial charge in [0.15, 0.2) is 5.69 Å². The minimum Gasteiger partial charge on any atom is -0.497 e. The Morgan fingerprint density at radius 1 is 1.09 bits per heavy atom. The third kappa shape index (κ3) is 5.22. The lowest BCUT2D eigenvalue weighted by Crippen LogP contribution is -2.46. The van der Waals surface area contributed by atoms with Crippen LogP contribution in [0, 0.1) is 6.92 Å². The molecule has 0 spiro atoms. The molecule has 0 bridgehead atoms. The fourth-order valence-electron chi connectivity index (χ4n) is 4.15. The number of carbonyl (C=O) groups is 2. The standard InChI is InChI=1S/C25H25Cl2N3O3S/c1-15-7-11-18(12-8-15)30(25(32)21-20(26)23(27)34-29-21)22(16-9-13-19(33-2)14-10-16)24(31)28-17-5-3-4-6-17/h7-14,17,22H,3-6H2,1-2H3,(H,28,31)/t22-/m1/s1. The minimum absolute atomic E-state index is 0.0180. The van der Waals surface area contributed by atoms with Gasteiger partial charge in [-0.2, -0.15) is 4.37 Å². The number of aryl methyl sites for hydroxylation is 1. The van der Waals surface area contributed by atoms with E-state index in [0.717, 1.165) is 42.8 Å². The van der Waals surface area contributed by atoms with E-state index < -0.39 is 11.9 Å². The number of ether oxygens (including phenoxy) is 1. The van der Waals surface area contributed by atoms with Gasteiger partial charge in [-0.1, -0.05) is 65.9 Å². The number of benzene rings is 2. The molecule has 34 heavy (non-hydrogen) atoms. The third-order valence-corrected chi connectivity index (χ3v) is 7.58. The Hall–Kier alpha value is -2.61. The van der Waals surface area contributed by atoms with E-state index in [-0.39, 0.29) is 27.0 Å². The number of nitrogens with zero attached hydrogens (tertiary/aromatic N) is 2. The summed E-state index contributed by atoms with van der Waals surface area (Å²) in [5.41, 5.74) is 2.24. The van der Waals surface area contributed by atoms with E-state index in [1.165, 1.54) is 4.90 Å². The third-order valence-electron chi connectivity index (χ3n) is 5.97. The average Bonchev–Trinajstić information content (AvgIpc) is 3.47. The highest BCUT2D eigenvalue weighted by atomic mass is 35.5. The molecule has 1 fully saturated rings. The number of carbonyl (C=O) groups excluding carboxylic acids is 2. The molecule has 0 unspecified atom stereocenters. The van der Waals surface area contributed by atoms with E-state index >= 15 is 0 Å². The predicted molar refractivity (Wildman–Crippen MR) is 136 cm³/mol. The second-order valence-electron chi connectivity index (χ2n) is 8.30. The van der Waals surface area contributed by atoms with Crippen LogP contribution in [0.3, 0.4) is 0 Å². The SMILES string of the molecule is COc1ccc([C@H](C(=O)NC2CCCC2)N(C(=O)c2nsc(Cl)c2Cl)c2ccc(C)cc2)cc1. The molecule has 1 aliphatic carbocycles. The van der Waals surface area contributed by atoms with Gasteiger partial charge in [-0.25, -0.2) is 0 Å². The summed E-state index contributed by atoms with van der Waals surface area (Å²) in [7, 11) is 1.58. The maximum absolute atomic E-state index is 13.9. The number of methoxy groups -OCH3 is 1. The van der Waals surface area contributed by atoms with E-state index in [0.29, 0.717) is 17.0 Å². The quantitative estimate of drug-likeness (QED) is 0.404. The monoisotopic (exact) mass is 517 g/mol. The molecular formula is C25H25Cl2N3O3S. The van der Waals surface area contributed by atoms with Gasteiger partial charge in [0.25, 0.3) is 5.91 Å². The number of rotatable bonds is 7. The van der Waals surface area contributed by atoms with Gasteiger partial charge < -0.3 is 10.1 Å². The van der Waals surface area contributed by atoms with Crippen molar-refractivity contribution in [2.75, 3.05) is 12.0 Å². The van der Waals surface area contributed by atoms with Crippen molar-refractivity contribution in [2.24, 2.45) is 0 Å². The topological polar surface area (TPSA) is 71.5 Å². The maximum atomic E-state index is 13.9. The summed E-state index contributed by atoms with van der Waals surface area (Å²) in [4.78, 5) is 29.1. The first-order valence-electron chi connectivity index (χ1n) is 11.0. The molecule has 1 aliphatic rings. The largest absolute Gasteiger partial charge is 0.497 e. The van der Waals surface area contributed by atoms with Crippen molar-refractivity contribution in [3.8, 4) is 5.75 Å². The molecule has 2 amide bonds. The second kappa shape index (κ2) is 10.8. The Labute approximate surface area is 213 Å². The molecular weight excluding hydrogens is 493 g/mol. The van der Waals surface area contributed by atoms with Crippen LogP contribution in [-0.4, -0.2) is 29.3 Å². The molecule has 0 radical (unpaired) electrons. The maximum Gasteiger partial charge on any atom is 0.280 e. The van der Waals surface area contributed by atoms with E-state index in [1.807, 2.05) is 31.2 Å². The highest BCUT2D eigenvalue weighted by molar-refractivity contribution is 7.11. The number of nitrogens with one attached hydrogen (secondary N) is 1. The van der Waals surface area contributed by atoms with Crippen molar-refractivity contribution in [3.63, 3.8) is 0 Å². The molecule has 6 nitrogen and oxygen atoms in total. The zero-order valence-electron chi connectivity index (χ0n) is 18.9. The van der Waals surface area contributed by atoms with Gasteiger partial charge in [0, 0.05) is 11.7 Å². The summed E-state index contributed by atoms with van der Waals surface area (Å²) < 4.78 is 9.70. The van der Waals surface area contributed by atoms with Crippen LogP contribution in [0.1, 0.15) is 53.3 Å². The van der Waals surface area contributed by atoms with Gasteiger partial charge in [-0.05, 0) is 61.1 Å². The van der Waals surface area contributed by atoms with Crippen LogP contribution < -0.4 is 15.0 Å². The van der Waals surface area contributed by atoms with E-state index in [1.54, 1.807) is 31.4 Å². The molecule has 1 atom stereocenters. The molecule has 178 valence electrons. The van der Waals surface area contributed by atoms with Gasteiger partial charge in [0.2, 0.25) is 5.91 Å². The Balaban J connectivity index is 1.83. The van der Waals surface area contributed by atoms with Gasteiger partial charge in [-0.15, -0.1) is 0 Å².